The van der Waals surface area contributed by atoms with Crippen LogP contribution in [0.1, 0.15) is 11.1 Å². The Morgan fingerprint density at radius 2 is 2.00 bits per heavy atom. The summed E-state index contributed by atoms with van der Waals surface area (Å²) in [6.45, 7) is 2.88. The SMILES string of the molecule is Cc1ccc(SC[C@@H](O)COCc2ccccc2)nc1. The molecule has 3 nitrogen and oxygen atoms in total. The van der Waals surface area contributed by atoms with Crippen LogP contribution in [0.15, 0.2) is 53.7 Å². The molecule has 1 atom stereocenters. The molecule has 0 saturated heterocycles. The van der Waals surface area contributed by atoms with Gasteiger partial charge in [0.05, 0.1) is 24.3 Å². The number of aryl methyl sites for hydroxylation is 1. The fraction of sp³-hybridized carbons (Fsp3) is 0.312. The summed E-state index contributed by atoms with van der Waals surface area (Å²) in [5.41, 5.74) is 2.26. The smallest absolute Gasteiger partial charge is 0.0960 e. The third-order valence-electron chi connectivity index (χ3n) is 2.73. The fourth-order valence-corrected chi connectivity index (χ4v) is 2.41. The van der Waals surface area contributed by atoms with Crippen LogP contribution in [0.4, 0.5) is 0 Å². The van der Waals surface area contributed by atoms with Crippen molar-refractivity contribution in [3.05, 3.63) is 59.8 Å². The van der Waals surface area contributed by atoms with Crippen LogP contribution in [-0.4, -0.2) is 28.6 Å². The number of hydrogen-bond donors (Lipinski definition) is 1. The van der Waals surface area contributed by atoms with E-state index in [-0.39, 0.29) is 0 Å². The Morgan fingerprint density at radius 1 is 1.20 bits per heavy atom. The van der Waals surface area contributed by atoms with E-state index in [0.717, 1.165) is 16.2 Å². The van der Waals surface area contributed by atoms with E-state index >= 15 is 0 Å². The van der Waals surface area contributed by atoms with Gasteiger partial charge in [0.25, 0.3) is 0 Å². The number of pyridine rings is 1. The summed E-state index contributed by atoms with van der Waals surface area (Å²) < 4.78 is 5.51. The first-order valence-electron chi connectivity index (χ1n) is 6.59. The average Bonchev–Trinajstić information content (AvgIpc) is 2.48. The molecular formula is C16H19NO2S. The fourth-order valence-electron chi connectivity index (χ4n) is 1.66. The Balaban J connectivity index is 1.65. The molecule has 106 valence electrons. The molecule has 1 aromatic heterocycles. The Morgan fingerprint density at radius 3 is 2.70 bits per heavy atom. The number of aliphatic hydroxyl groups is 1. The van der Waals surface area contributed by atoms with Crippen LogP contribution in [0.3, 0.4) is 0 Å². The van der Waals surface area contributed by atoms with E-state index in [9.17, 15) is 5.11 Å². The predicted octanol–water partition coefficient (Wildman–Crippen LogP) is 3.06. The Labute approximate surface area is 124 Å². The number of hydrogen-bond acceptors (Lipinski definition) is 4. The standard InChI is InChI=1S/C16H19NO2S/c1-13-7-8-16(17-9-13)20-12-15(18)11-19-10-14-5-3-2-4-6-14/h2-9,15,18H,10-12H2,1H3/t15-/m0/s1. The molecule has 0 radical (unpaired) electrons. The van der Waals surface area contributed by atoms with Crippen molar-refractivity contribution >= 4 is 11.8 Å². The molecule has 4 heteroatoms. The second kappa shape index (κ2) is 8.04. The molecule has 20 heavy (non-hydrogen) atoms. The Bertz CT molecular complexity index is 502. The van der Waals surface area contributed by atoms with Gasteiger partial charge in [0.15, 0.2) is 0 Å². The molecule has 1 N–H and O–H groups in total. The minimum Gasteiger partial charge on any atom is -0.390 e. The Hall–Kier alpha value is -1.36. The molecule has 0 aliphatic heterocycles. The minimum absolute atomic E-state index is 0.341. The molecule has 0 bridgehead atoms. The summed E-state index contributed by atoms with van der Waals surface area (Å²) in [7, 11) is 0. The van der Waals surface area contributed by atoms with E-state index in [1.165, 1.54) is 0 Å². The van der Waals surface area contributed by atoms with Gasteiger partial charge in [-0.3, -0.25) is 0 Å². The summed E-state index contributed by atoms with van der Waals surface area (Å²) >= 11 is 1.54. The lowest BCUT2D eigenvalue weighted by Gasteiger charge is -2.10. The summed E-state index contributed by atoms with van der Waals surface area (Å²) in [6.07, 6.45) is 1.35. The number of ether oxygens (including phenoxy) is 1. The lowest BCUT2D eigenvalue weighted by Crippen LogP contribution is -2.17. The van der Waals surface area contributed by atoms with E-state index in [0.29, 0.717) is 19.0 Å². The molecule has 1 heterocycles. The summed E-state index contributed by atoms with van der Waals surface area (Å²) in [4.78, 5) is 4.29. The van der Waals surface area contributed by atoms with Crippen molar-refractivity contribution in [2.75, 3.05) is 12.4 Å². The average molecular weight is 289 g/mol. The molecule has 0 aliphatic rings. The van der Waals surface area contributed by atoms with Crippen molar-refractivity contribution in [3.8, 4) is 0 Å². The third-order valence-corrected chi connectivity index (χ3v) is 3.82. The number of aliphatic hydroxyl groups excluding tert-OH is 1. The van der Waals surface area contributed by atoms with Gasteiger partial charge in [-0.25, -0.2) is 4.98 Å². The number of nitrogens with zero attached hydrogens (tertiary/aromatic N) is 1. The van der Waals surface area contributed by atoms with E-state index in [2.05, 4.69) is 4.98 Å². The van der Waals surface area contributed by atoms with Gasteiger partial charge in [-0.15, -0.1) is 11.8 Å². The van der Waals surface area contributed by atoms with Gasteiger partial charge in [-0.1, -0.05) is 36.4 Å². The van der Waals surface area contributed by atoms with Crippen molar-refractivity contribution < 1.29 is 9.84 Å². The van der Waals surface area contributed by atoms with Crippen molar-refractivity contribution in [3.63, 3.8) is 0 Å². The lowest BCUT2D eigenvalue weighted by molar-refractivity contribution is 0.0398. The highest BCUT2D eigenvalue weighted by Crippen LogP contribution is 2.16. The number of benzene rings is 1. The molecule has 0 unspecified atom stereocenters. The zero-order valence-electron chi connectivity index (χ0n) is 11.5. The molecule has 0 spiro atoms. The van der Waals surface area contributed by atoms with Gasteiger partial charge in [0.1, 0.15) is 0 Å². The largest absolute Gasteiger partial charge is 0.390 e. The van der Waals surface area contributed by atoms with Crippen LogP contribution in [0.5, 0.6) is 0 Å². The van der Waals surface area contributed by atoms with Gasteiger partial charge >= 0.3 is 0 Å². The first-order chi connectivity index (χ1) is 9.74. The molecular weight excluding hydrogens is 270 g/mol. The normalized spacial score (nSPS) is 12.3. The van der Waals surface area contributed by atoms with E-state index in [4.69, 9.17) is 4.74 Å². The van der Waals surface area contributed by atoms with Crippen LogP contribution < -0.4 is 0 Å². The topological polar surface area (TPSA) is 42.4 Å². The van der Waals surface area contributed by atoms with Gasteiger partial charge < -0.3 is 9.84 Å². The molecule has 0 amide bonds. The van der Waals surface area contributed by atoms with E-state index in [1.807, 2.05) is 55.6 Å². The van der Waals surface area contributed by atoms with Crippen molar-refractivity contribution in [2.45, 2.75) is 24.7 Å². The molecule has 0 aliphatic carbocycles. The second-order valence-electron chi connectivity index (χ2n) is 4.64. The maximum absolute atomic E-state index is 9.87. The first-order valence-corrected chi connectivity index (χ1v) is 7.58. The maximum Gasteiger partial charge on any atom is 0.0960 e. The van der Waals surface area contributed by atoms with Gasteiger partial charge in [-0.2, -0.15) is 0 Å². The monoisotopic (exact) mass is 289 g/mol. The van der Waals surface area contributed by atoms with E-state index < -0.39 is 6.10 Å². The zero-order valence-corrected chi connectivity index (χ0v) is 12.3. The van der Waals surface area contributed by atoms with Crippen LogP contribution in [0.2, 0.25) is 0 Å². The second-order valence-corrected chi connectivity index (χ2v) is 5.68. The van der Waals surface area contributed by atoms with Gasteiger partial charge in [-0.05, 0) is 24.1 Å². The highest BCUT2D eigenvalue weighted by atomic mass is 32.2. The summed E-state index contributed by atoms with van der Waals surface area (Å²) in [6, 6.07) is 13.9. The quantitative estimate of drug-likeness (QED) is 0.796. The summed E-state index contributed by atoms with van der Waals surface area (Å²) in [5, 5.41) is 10.8. The van der Waals surface area contributed by atoms with Gasteiger partial charge in [0.2, 0.25) is 0 Å². The molecule has 2 rings (SSSR count). The minimum atomic E-state index is -0.480. The highest BCUT2D eigenvalue weighted by Gasteiger charge is 2.06. The highest BCUT2D eigenvalue weighted by molar-refractivity contribution is 7.99. The Kier molecular flexibility index (Phi) is 6.05. The molecule has 2 aromatic rings. The zero-order chi connectivity index (χ0) is 14.2. The van der Waals surface area contributed by atoms with E-state index in [1.54, 1.807) is 11.8 Å². The lowest BCUT2D eigenvalue weighted by atomic mass is 10.2. The summed E-state index contributed by atoms with van der Waals surface area (Å²) in [5.74, 6) is 0.588. The number of thioether (sulfide) groups is 1. The molecule has 0 fully saturated rings. The van der Waals surface area contributed by atoms with Crippen molar-refractivity contribution in [1.82, 2.24) is 4.98 Å². The first kappa shape index (κ1) is 15.0. The van der Waals surface area contributed by atoms with Crippen molar-refractivity contribution in [2.24, 2.45) is 0 Å². The number of rotatable bonds is 7. The van der Waals surface area contributed by atoms with Crippen LogP contribution in [-0.2, 0) is 11.3 Å². The maximum atomic E-state index is 9.87. The predicted molar refractivity (Wildman–Crippen MR) is 81.8 cm³/mol. The van der Waals surface area contributed by atoms with Crippen molar-refractivity contribution in [1.29, 1.82) is 0 Å². The third kappa shape index (κ3) is 5.33. The van der Waals surface area contributed by atoms with Gasteiger partial charge in [0, 0.05) is 11.9 Å². The van der Waals surface area contributed by atoms with Crippen LogP contribution >= 0.6 is 11.8 Å². The molecule has 1 aromatic carbocycles. The number of aromatic nitrogens is 1. The van der Waals surface area contributed by atoms with Crippen LogP contribution in [0.25, 0.3) is 0 Å². The molecule has 0 saturated carbocycles. The van der Waals surface area contributed by atoms with Crippen LogP contribution in [0, 0.1) is 6.92 Å².